The molecule has 1 aromatic carbocycles. The molecule has 1 amide bonds. The molecule has 0 aliphatic heterocycles. The van der Waals surface area contributed by atoms with Crippen molar-refractivity contribution in [2.45, 2.75) is 38.8 Å². The lowest BCUT2D eigenvalue weighted by Crippen LogP contribution is -2.34. The standard InChI is InChI=1S/C19H21ClFN3O3/c1-3-15(23-11(2)10-16(22)25)13-4-5-14(20)17(18(13)21)19(26)12-6-8-24(27)9-7-12/h4-9,11,15,23H,3,10H2,1-2H3,(H2-,22,25,26,27)/p+1/t11-,15+/m0/s1. The van der Waals surface area contributed by atoms with Crippen LogP contribution >= 0.6 is 11.6 Å². The number of benzene rings is 1. The quantitative estimate of drug-likeness (QED) is 0.364. The number of carbonyl (C=O) groups is 2. The smallest absolute Gasteiger partial charge is 0.223 e. The minimum Gasteiger partial charge on any atom is -0.370 e. The van der Waals surface area contributed by atoms with Gasteiger partial charge in [0, 0.05) is 46.5 Å². The molecule has 0 bridgehead atoms. The Morgan fingerprint density at radius 1 is 1.30 bits per heavy atom. The summed E-state index contributed by atoms with van der Waals surface area (Å²) < 4.78 is 16.0. The Kier molecular flexibility index (Phi) is 6.87. The second-order valence-electron chi connectivity index (χ2n) is 6.32. The normalized spacial score (nSPS) is 13.2. The predicted octanol–water partition coefficient (Wildman–Crippen LogP) is 2.54. The van der Waals surface area contributed by atoms with Crippen LogP contribution in [0.15, 0.2) is 36.7 Å². The summed E-state index contributed by atoms with van der Waals surface area (Å²) in [4.78, 5) is 23.8. The minimum absolute atomic E-state index is 0.00187. The molecule has 4 N–H and O–H groups in total. The molecular weight excluding hydrogens is 373 g/mol. The van der Waals surface area contributed by atoms with E-state index in [1.807, 2.05) is 6.92 Å². The lowest BCUT2D eigenvalue weighted by Gasteiger charge is -2.23. The molecule has 144 valence electrons. The SMILES string of the molecule is CC[C@@H](N[C@@H](C)CC(N)=O)c1ccc(Cl)c(C(=O)c2cc[n+](O)cc2)c1F. The van der Waals surface area contributed by atoms with Gasteiger partial charge in [-0.1, -0.05) is 24.6 Å². The van der Waals surface area contributed by atoms with Gasteiger partial charge in [-0.05, 0) is 19.4 Å². The van der Waals surface area contributed by atoms with E-state index in [1.54, 1.807) is 6.92 Å². The summed E-state index contributed by atoms with van der Waals surface area (Å²) in [6.45, 7) is 3.64. The Morgan fingerprint density at radius 2 is 1.93 bits per heavy atom. The molecule has 0 saturated heterocycles. The van der Waals surface area contributed by atoms with Gasteiger partial charge >= 0.3 is 0 Å². The van der Waals surface area contributed by atoms with Gasteiger partial charge in [0.25, 0.3) is 0 Å². The molecule has 2 aromatic rings. The van der Waals surface area contributed by atoms with E-state index in [4.69, 9.17) is 17.3 Å². The van der Waals surface area contributed by atoms with Gasteiger partial charge < -0.3 is 11.1 Å². The molecule has 1 aromatic heterocycles. The number of nitrogens with two attached hydrogens (primary N) is 1. The van der Waals surface area contributed by atoms with Crippen molar-refractivity contribution in [1.82, 2.24) is 5.32 Å². The van der Waals surface area contributed by atoms with Crippen molar-refractivity contribution >= 4 is 23.3 Å². The lowest BCUT2D eigenvalue weighted by molar-refractivity contribution is -0.904. The fraction of sp³-hybridized carbons (Fsp3) is 0.316. The van der Waals surface area contributed by atoms with E-state index in [2.05, 4.69) is 5.32 Å². The maximum absolute atomic E-state index is 15.2. The zero-order valence-corrected chi connectivity index (χ0v) is 15.8. The first-order chi connectivity index (χ1) is 12.7. The van der Waals surface area contributed by atoms with Crippen molar-refractivity contribution in [3.63, 3.8) is 0 Å². The first-order valence-electron chi connectivity index (χ1n) is 8.52. The summed E-state index contributed by atoms with van der Waals surface area (Å²) in [7, 11) is 0. The third kappa shape index (κ3) is 5.02. The van der Waals surface area contributed by atoms with Gasteiger partial charge in [0.2, 0.25) is 18.3 Å². The number of rotatable bonds is 8. The molecular formula is C19H22ClFN3O3+. The largest absolute Gasteiger partial charge is 0.370 e. The number of carbonyl (C=O) groups excluding carboxylic acids is 2. The number of primary amides is 1. The molecule has 0 aliphatic carbocycles. The van der Waals surface area contributed by atoms with Crippen LogP contribution in [-0.2, 0) is 4.79 Å². The van der Waals surface area contributed by atoms with Crippen LogP contribution in [-0.4, -0.2) is 22.9 Å². The second-order valence-corrected chi connectivity index (χ2v) is 6.73. The van der Waals surface area contributed by atoms with E-state index in [0.29, 0.717) is 6.42 Å². The van der Waals surface area contributed by atoms with Crippen molar-refractivity contribution in [3.8, 4) is 0 Å². The van der Waals surface area contributed by atoms with Crippen LogP contribution in [0, 0.1) is 5.82 Å². The van der Waals surface area contributed by atoms with E-state index < -0.39 is 23.5 Å². The van der Waals surface area contributed by atoms with Crippen LogP contribution in [0.25, 0.3) is 0 Å². The molecule has 0 aliphatic rings. The number of nitrogens with one attached hydrogen (secondary N) is 1. The highest BCUT2D eigenvalue weighted by molar-refractivity contribution is 6.35. The van der Waals surface area contributed by atoms with Crippen LogP contribution in [0.2, 0.25) is 5.02 Å². The lowest BCUT2D eigenvalue weighted by atomic mass is 9.96. The van der Waals surface area contributed by atoms with Crippen LogP contribution in [0.5, 0.6) is 0 Å². The summed E-state index contributed by atoms with van der Waals surface area (Å²) in [6, 6.07) is 5.07. The van der Waals surface area contributed by atoms with E-state index >= 15 is 4.39 Å². The zero-order chi connectivity index (χ0) is 20.1. The minimum atomic E-state index is -0.709. The van der Waals surface area contributed by atoms with Crippen LogP contribution in [0.3, 0.4) is 0 Å². The summed E-state index contributed by atoms with van der Waals surface area (Å²) in [5, 5.41) is 12.4. The Balaban J connectivity index is 2.39. The Hall–Kier alpha value is -2.51. The summed E-state index contributed by atoms with van der Waals surface area (Å²) in [5.74, 6) is -1.75. The third-order valence-corrected chi connectivity index (χ3v) is 4.52. The van der Waals surface area contributed by atoms with Gasteiger partial charge in [-0.15, -0.1) is 0 Å². The van der Waals surface area contributed by atoms with Crippen molar-refractivity contribution in [2.75, 3.05) is 0 Å². The van der Waals surface area contributed by atoms with E-state index in [0.717, 1.165) is 4.73 Å². The fourth-order valence-corrected chi connectivity index (χ4v) is 3.12. The molecule has 0 spiro atoms. The molecule has 0 saturated carbocycles. The maximum atomic E-state index is 15.2. The van der Waals surface area contributed by atoms with Gasteiger partial charge in [0.05, 0.1) is 10.6 Å². The molecule has 6 nitrogen and oxygen atoms in total. The Bertz CT molecular complexity index is 843. The van der Waals surface area contributed by atoms with Gasteiger partial charge in [-0.2, -0.15) is 0 Å². The van der Waals surface area contributed by atoms with E-state index in [-0.39, 0.29) is 34.2 Å². The molecule has 2 atom stereocenters. The summed E-state index contributed by atoms with van der Waals surface area (Å²) in [6.07, 6.45) is 3.18. The topological polar surface area (TPSA) is 96.3 Å². The average molecular weight is 395 g/mol. The zero-order valence-electron chi connectivity index (χ0n) is 15.1. The van der Waals surface area contributed by atoms with Gasteiger partial charge in [0.15, 0.2) is 5.78 Å². The number of hydrogen-bond donors (Lipinski definition) is 3. The average Bonchev–Trinajstić information content (AvgIpc) is 2.60. The highest BCUT2D eigenvalue weighted by Gasteiger charge is 2.25. The number of ketones is 1. The van der Waals surface area contributed by atoms with E-state index in [1.165, 1.54) is 36.7 Å². The molecule has 0 radical (unpaired) electrons. The number of hydrogen-bond acceptors (Lipinski definition) is 4. The molecule has 8 heteroatoms. The summed E-state index contributed by atoms with van der Waals surface area (Å²) >= 11 is 6.10. The molecule has 27 heavy (non-hydrogen) atoms. The van der Waals surface area contributed by atoms with Crippen LogP contribution in [0.4, 0.5) is 4.39 Å². The number of nitrogens with zero attached hydrogens (tertiary/aromatic N) is 1. The number of aromatic nitrogens is 1. The van der Waals surface area contributed by atoms with E-state index in [9.17, 15) is 14.8 Å². The molecule has 1 heterocycles. The second kappa shape index (κ2) is 8.92. The van der Waals surface area contributed by atoms with Crippen molar-refractivity contribution in [3.05, 3.63) is 64.2 Å². The Morgan fingerprint density at radius 3 is 2.48 bits per heavy atom. The predicted molar refractivity (Wildman–Crippen MR) is 98.1 cm³/mol. The number of amides is 1. The molecule has 2 rings (SSSR count). The highest BCUT2D eigenvalue weighted by atomic mass is 35.5. The van der Waals surface area contributed by atoms with Gasteiger partial charge in [-0.25, -0.2) is 4.39 Å². The Labute approximate surface area is 161 Å². The first-order valence-corrected chi connectivity index (χ1v) is 8.89. The highest BCUT2D eigenvalue weighted by Crippen LogP contribution is 2.30. The molecule has 0 unspecified atom stereocenters. The van der Waals surface area contributed by atoms with Gasteiger partial charge in [-0.3, -0.25) is 14.8 Å². The van der Waals surface area contributed by atoms with Crippen LogP contribution in [0.1, 0.15) is 54.2 Å². The third-order valence-electron chi connectivity index (χ3n) is 4.20. The van der Waals surface area contributed by atoms with Gasteiger partial charge in [0.1, 0.15) is 5.82 Å². The fourth-order valence-electron chi connectivity index (χ4n) is 2.89. The van der Waals surface area contributed by atoms with Crippen LogP contribution < -0.4 is 15.8 Å². The molecule has 0 fully saturated rings. The van der Waals surface area contributed by atoms with Crippen molar-refractivity contribution in [2.24, 2.45) is 5.73 Å². The first kappa shape index (κ1) is 20.8. The number of halogens is 2. The monoisotopic (exact) mass is 394 g/mol. The van der Waals surface area contributed by atoms with Crippen molar-refractivity contribution in [1.29, 1.82) is 0 Å². The summed E-state index contributed by atoms with van der Waals surface area (Å²) in [5.41, 5.74) is 5.46. The maximum Gasteiger partial charge on any atom is 0.223 e. The van der Waals surface area contributed by atoms with Crippen molar-refractivity contribution < 1.29 is 23.9 Å². The number of pyridine rings is 1.